The third-order valence-electron chi connectivity index (χ3n) is 5.17. The molecule has 32 heavy (non-hydrogen) atoms. The van der Waals surface area contributed by atoms with E-state index >= 15 is 0 Å². The molecular weight excluding hydrogens is 408 g/mol. The zero-order chi connectivity index (χ0) is 23.3. The molecule has 0 unspecified atom stereocenters. The first-order chi connectivity index (χ1) is 15.3. The number of hydrogen-bond donors (Lipinski definition) is 1. The van der Waals surface area contributed by atoms with Gasteiger partial charge in [-0.05, 0) is 70.5 Å². The van der Waals surface area contributed by atoms with Crippen LogP contribution in [-0.2, 0) is 4.79 Å². The van der Waals surface area contributed by atoms with Gasteiger partial charge in [-0.1, -0.05) is 6.92 Å². The molecule has 0 spiro atoms. The maximum atomic E-state index is 13.1. The Labute approximate surface area is 189 Å². The van der Waals surface area contributed by atoms with Crippen LogP contribution in [0.15, 0.2) is 36.4 Å². The highest BCUT2D eigenvalue weighted by Crippen LogP contribution is 2.38. The molecule has 0 aromatic heterocycles. The Morgan fingerprint density at radius 3 is 2.47 bits per heavy atom. The van der Waals surface area contributed by atoms with Gasteiger partial charge in [-0.3, -0.25) is 9.59 Å². The van der Waals surface area contributed by atoms with Crippen molar-refractivity contribution in [2.75, 3.05) is 36.6 Å². The van der Waals surface area contributed by atoms with Gasteiger partial charge in [0.05, 0.1) is 24.3 Å². The summed E-state index contributed by atoms with van der Waals surface area (Å²) in [5.74, 6) is 1.49. The molecule has 1 heterocycles. The first-order valence-corrected chi connectivity index (χ1v) is 11.1. The van der Waals surface area contributed by atoms with E-state index < -0.39 is 5.41 Å². The molecular formula is C25H32N2O5. The smallest absolute Gasteiger partial charge is 0.255 e. The average molecular weight is 441 g/mol. The topological polar surface area (TPSA) is 77.1 Å². The summed E-state index contributed by atoms with van der Waals surface area (Å²) in [6, 6.07) is 10.5. The first-order valence-electron chi connectivity index (χ1n) is 11.1. The van der Waals surface area contributed by atoms with E-state index in [-0.39, 0.29) is 11.8 Å². The maximum absolute atomic E-state index is 13.1. The zero-order valence-electron chi connectivity index (χ0n) is 19.5. The lowest BCUT2D eigenvalue weighted by atomic mass is 9.93. The number of carbonyl (C=O) groups excluding carboxylic acids is 2. The second-order valence-corrected chi connectivity index (χ2v) is 8.29. The van der Waals surface area contributed by atoms with Gasteiger partial charge in [-0.2, -0.15) is 0 Å². The molecule has 1 aliphatic heterocycles. The summed E-state index contributed by atoms with van der Waals surface area (Å²) >= 11 is 0. The highest BCUT2D eigenvalue weighted by atomic mass is 16.5. The summed E-state index contributed by atoms with van der Waals surface area (Å²) in [6.07, 6.45) is 0.810. The van der Waals surface area contributed by atoms with Gasteiger partial charge in [0.25, 0.3) is 5.91 Å². The van der Waals surface area contributed by atoms with Crippen LogP contribution in [0.3, 0.4) is 0 Å². The van der Waals surface area contributed by atoms with Gasteiger partial charge in [-0.15, -0.1) is 0 Å². The fourth-order valence-corrected chi connectivity index (χ4v) is 3.56. The Bertz CT molecular complexity index is 986. The second-order valence-electron chi connectivity index (χ2n) is 8.29. The van der Waals surface area contributed by atoms with Crippen molar-refractivity contribution < 1.29 is 23.8 Å². The van der Waals surface area contributed by atoms with Gasteiger partial charge in [0, 0.05) is 17.8 Å². The van der Waals surface area contributed by atoms with Crippen molar-refractivity contribution in [3.05, 3.63) is 42.0 Å². The number of hydrogen-bond acceptors (Lipinski definition) is 5. The number of nitrogens with one attached hydrogen (secondary N) is 1. The molecule has 0 bridgehead atoms. The van der Waals surface area contributed by atoms with Crippen LogP contribution in [0, 0.1) is 5.41 Å². The molecule has 0 fully saturated rings. The minimum atomic E-state index is -0.629. The standard InChI is InChI=1S/C25H32N2O5/c1-6-13-27-19-15-18(10-12-20(19)32-16-25(4,5)24(27)29)26-23(28)17-9-11-21(30-7-2)22(14-17)31-8-3/h9-12,14-15H,6-8,13,16H2,1-5H3,(H,26,28). The monoisotopic (exact) mass is 440 g/mol. The number of benzene rings is 2. The Balaban J connectivity index is 1.88. The average Bonchev–Trinajstić information content (AvgIpc) is 2.85. The van der Waals surface area contributed by atoms with Gasteiger partial charge in [-0.25, -0.2) is 0 Å². The number of fused-ring (bicyclic) bond motifs is 1. The van der Waals surface area contributed by atoms with Gasteiger partial charge in [0.1, 0.15) is 12.4 Å². The lowest BCUT2D eigenvalue weighted by Gasteiger charge is -2.27. The zero-order valence-corrected chi connectivity index (χ0v) is 19.5. The van der Waals surface area contributed by atoms with Gasteiger partial charge in [0.15, 0.2) is 11.5 Å². The summed E-state index contributed by atoms with van der Waals surface area (Å²) in [5.41, 5.74) is 1.07. The SMILES string of the molecule is CCCN1C(=O)C(C)(C)COc2ccc(NC(=O)c3ccc(OCC)c(OCC)c3)cc21. The fourth-order valence-electron chi connectivity index (χ4n) is 3.56. The number of nitrogens with zero attached hydrogens (tertiary/aromatic N) is 1. The highest BCUT2D eigenvalue weighted by molar-refractivity contribution is 6.06. The number of rotatable bonds is 8. The molecule has 7 nitrogen and oxygen atoms in total. The van der Waals surface area contributed by atoms with Crippen molar-refractivity contribution in [3.63, 3.8) is 0 Å². The summed E-state index contributed by atoms with van der Waals surface area (Å²) in [4.78, 5) is 27.8. The van der Waals surface area contributed by atoms with E-state index in [1.807, 2.05) is 34.6 Å². The predicted molar refractivity (Wildman–Crippen MR) is 125 cm³/mol. The third-order valence-corrected chi connectivity index (χ3v) is 5.17. The molecule has 172 valence electrons. The van der Waals surface area contributed by atoms with Crippen LogP contribution in [0.5, 0.6) is 17.2 Å². The van der Waals surface area contributed by atoms with E-state index in [4.69, 9.17) is 14.2 Å². The quantitative estimate of drug-likeness (QED) is 0.632. The van der Waals surface area contributed by atoms with E-state index in [1.165, 1.54) is 0 Å². The maximum Gasteiger partial charge on any atom is 0.255 e. The normalized spacial score (nSPS) is 14.8. The van der Waals surface area contributed by atoms with Crippen molar-refractivity contribution in [2.24, 2.45) is 5.41 Å². The number of carbonyl (C=O) groups is 2. The van der Waals surface area contributed by atoms with Crippen LogP contribution in [0.4, 0.5) is 11.4 Å². The first kappa shape index (κ1) is 23.4. The van der Waals surface area contributed by atoms with Crippen LogP contribution in [-0.4, -0.2) is 38.2 Å². The Morgan fingerprint density at radius 2 is 1.78 bits per heavy atom. The lowest BCUT2D eigenvalue weighted by molar-refractivity contribution is -0.127. The van der Waals surface area contributed by atoms with E-state index in [9.17, 15) is 9.59 Å². The molecule has 0 atom stereocenters. The molecule has 1 aliphatic rings. The molecule has 0 radical (unpaired) electrons. The van der Waals surface area contributed by atoms with Crippen molar-refractivity contribution >= 4 is 23.2 Å². The van der Waals surface area contributed by atoms with Crippen molar-refractivity contribution in [3.8, 4) is 17.2 Å². The molecule has 0 saturated heterocycles. The highest BCUT2D eigenvalue weighted by Gasteiger charge is 2.37. The minimum Gasteiger partial charge on any atom is -0.490 e. The number of anilines is 2. The van der Waals surface area contributed by atoms with Crippen molar-refractivity contribution in [1.82, 2.24) is 0 Å². The van der Waals surface area contributed by atoms with Crippen molar-refractivity contribution in [1.29, 1.82) is 0 Å². The van der Waals surface area contributed by atoms with E-state index in [0.717, 1.165) is 6.42 Å². The minimum absolute atomic E-state index is 0.00875. The summed E-state index contributed by atoms with van der Waals surface area (Å²) in [7, 11) is 0. The van der Waals surface area contributed by atoms with Crippen LogP contribution < -0.4 is 24.4 Å². The Kier molecular flexibility index (Phi) is 7.28. The predicted octanol–water partition coefficient (Wildman–Crippen LogP) is 4.90. The van der Waals surface area contributed by atoms with Crippen LogP contribution in [0.1, 0.15) is 51.4 Å². The lowest BCUT2D eigenvalue weighted by Crippen LogP contribution is -2.42. The molecule has 3 rings (SSSR count). The molecule has 0 saturated carbocycles. The molecule has 2 amide bonds. The van der Waals surface area contributed by atoms with Crippen LogP contribution in [0.2, 0.25) is 0 Å². The molecule has 2 aromatic rings. The van der Waals surface area contributed by atoms with E-state index in [1.54, 1.807) is 41.3 Å². The van der Waals surface area contributed by atoms with Gasteiger partial charge < -0.3 is 24.4 Å². The summed E-state index contributed by atoms with van der Waals surface area (Å²) in [5, 5.41) is 2.92. The fraction of sp³-hybridized carbons (Fsp3) is 0.440. The Morgan fingerprint density at radius 1 is 1.06 bits per heavy atom. The van der Waals surface area contributed by atoms with Crippen LogP contribution in [0.25, 0.3) is 0 Å². The second kappa shape index (κ2) is 9.94. The van der Waals surface area contributed by atoms with Crippen LogP contribution >= 0.6 is 0 Å². The summed E-state index contributed by atoms with van der Waals surface area (Å²) < 4.78 is 17.1. The summed E-state index contributed by atoms with van der Waals surface area (Å²) in [6.45, 7) is 11.4. The Hall–Kier alpha value is -3.22. The van der Waals surface area contributed by atoms with E-state index in [0.29, 0.717) is 60.6 Å². The van der Waals surface area contributed by atoms with Gasteiger partial charge in [0.2, 0.25) is 5.91 Å². The molecule has 2 aromatic carbocycles. The largest absolute Gasteiger partial charge is 0.490 e. The van der Waals surface area contributed by atoms with Gasteiger partial charge >= 0.3 is 0 Å². The molecule has 1 N–H and O–H groups in total. The number of ether oxygens (including phenoxy) is 3. The van der Waals surface area contributed by atoms with E-state index in [2.05, 4.69) is 5.32 Å². The number of amides is 2. The molecule has 0 aliphatic carbocycles. The van der Waals surface area contributed by atoms with Crippen molar-refractivity contribution in [2.45, 2.75) is 41.0 Å². The molecule has 7 heteroatoms. The third kappa shape index (κ3) is 4.98.